The van der Waals surface area contributed by atoms with Crippen LogP contribution in [-0.2, 0) is 71.1 Å². The maximum absolute atomic E-state index is 12.1. The first-order valence-electron chi connectivity index (χ1n) is 27.6. The summed E-state index contributed by atoms with van der Waals surface area (Å²) < 4.78 is 87.3. The summed E-state index contributed by atoms with van der Waals surface area (Å²) in [6, 6.07) is 0. The van der Waals surface area contributed by atoms with E-state index in [9.17, 15) is 102 Å². The molecule has 15 heterocycles. The Balaban J connectivity index is 1.10. The van der Waals surface area contributed by atoms with Crippen LogP contribution in [0.15, 0.2) is 5.11 Å². The topological polar surface area (TPSA) is 592 Å². The van der Waals surface area contributed by atoms with Crippen LogP contribution in [0.4, 0.5) is 0 Å². The maximum Gasteiger partial charge on any atom is 0.187 e. The quantitative estimate of drug-likeness (QED) is 0.0332. The molecule has 0 unspecified atom stereocenters. The lowest BCUT2D eigenvalue weighted by Gasteiger charge is -2.50. The Labute approximate surface area is 481 Å². The number of hydrogen-bond acceptors (Lipinski definition) is 36. The molecule has 0 spiro atoms. The molecule has 15 rings (SSSR count). The van der Waals surface area contributed by atoms with Crippen LogP contribution < -0.4 is 0 Å². The Bertz CT molecular complexity index is 2070. The van der Waals surface area contributed by atoms with Crippen molar-refractivity contribution in [3.05, 3.63) is 10.4 Å². The van der Waals surface area contributed by atoms with Crippen LogP contribution in [0.2, 0.25) is 0 Å². The minimum Gasteiger partial charge on any atom is -0.394 e. The molecule has 0 aromatic heterocycles. The highest BCUT2D eigenvalue weighted by atomic mass is 16.8. The molecule has 0 aromatic rings. The fourth-order valence-corrected chi connectivity index (χ4v) is 11.3. The third-order valence-electron chi connectivity index (χ3n) is 16.0. The van der Waals surface area contributed by atoms with Crippen molar-refractivity contribution in [2.45, 2.75) is 234 Å². The molecule has 0 radical (unpaired) electrons. The fraction of sp³-hybridized carbons (Fsp3) is 1.00. The molecular weight excluding hydrogens is 1170 g/mol. The van der Waals surface area contributed by atoms with Gasteiger partial charge in [-0.2, -0.15) is 0 Å². The van der Waals surface area contributed by atoms with E-state index in [1.807, 2.05) is 0 Å². The summed E-state index contributed by atoms with van der Waals surface area (Å²) in [6.45, 7) is -7.36. The summed E-state index contributed by atoms with van der Waals surface area (Å²) in [5.74, 6) is 0. The number of azide groups is 1. The summed E-state index contributed by atoms with van der Waals surface area (Å²) in [5.41, 5.74) is 8.67. The zero-order valence-electron chi connectivity index (χ0n) is 45.1. The summed E-state index contributed by atoms with van der Waals surface area (Å²) in [6.07, 6.45) is -68.3. The van der Waals surface area contributed by atoms with E-state index >= 15 is 0 Å². The monoisotopic (exact) mass is 1250 g/mol. The van der Waals surface area contributed by atoms with Gasteiger partial charge in [0.25, 0.3) is 0 Å². The van der Waals surface area contributed by atoms with E-state index in [4.69, 9.17) is 76.6 Å². The molecule has 0 saturated carbocycles. The Morgan fingerprint density at radius 2 is 0.506 bits per heavy atom. The van der Waals surface area contributed by atoms with E-state index in [0.29, 0.717) is 12.8 Å². The van der Waals surface area contributed by atoms with Crippen LogP contribution in [0.1, 0.15) is 19.3 Å². The van der Waals surface area contributed by atoms with Crippen molar-refractivity contribution in [2.75, 3.05) is 59.4 Å². The third-order valence-corrected chi connectivity index (χ3v) is 16.0. The van der Waals surface area contributed by atoms with Crippen molar-refractivity contribution < 1.29 is 173 Å². The normalized spacial score (nSPS) is 51.1. The molecule has 0 aliphatic carbocycles. The minimum absolute atomic E-state index is 0.131. The van der Waals surface area contributed by atoms with E-state index in [1.54, 1.807) is 0 Å². The Kier molecular flexibility index (Phi) is 24.9. The number of nitrogens with zero attached hydrogens (tertiary/aromatic N) is 3. The first-order valence-corrected chi connectivity index (χ1v) is 27.6. The second-order valence-corrected chi connectivity index (χ2v) is 21.5. The SMILES string of the molecule is [N-]=[N+]=NCCCCCO[C@H]1[C@H]2O[C@H]3[C@H](O)[C@@H](O)[C@@H](O[C@H]4[C@H](O)[C@@H](O)[C@@H](O[C@H]5[C@H](O)[C@@H](O)[C@@H](O[C@H]6[C@H](O)[C@@H](O)[C@@H](O[C@H]7[C@H](O)[C@@H](O)[C@@H](O[C@H]8[C@H](O)[C@@H](O)[C@@H](O[C@@H]([C@@H]1O)[C@@H](CO)O2)O[C@@H]8CO)O[C@@H]7CO)O[C@@H]6CO)O[C@@H]5CO)O[C@@H]4CO)O[C@@H]3CO. The van der Waals surface area contributed by atoms with Gasteiger partial charge in [0.15, 0.2) is 44.0 Å². The van der Waals surface area contributed by atoms with Crippen molar-refractivity contribution in [3.63, 3.8) is 0 Å². The molecule has 15 aliphatic rings. The number of aliphatic hydroxyl groups excluding tert-OH is 20. The second kappa shape index (κ2) is 30.8. The zero-order chi connectivity index (χ0) is 61.7. The highest BCUT2D eigenvalue weighted by molar-refractivity contribution is 5.02. The Morgan fingerprint density at radius 1 is 0.282 bits per heavy atom. The van der Waals surface area contributed by atoms with E-state index in [0.717, 1.165) is 0 Å². The van der Waals surface area contributed by atoms with Gasteiger partial charge in [0.1, 0.15) is 171 Å². The lowest BCUT2D eigenvalue weighted by Crippen LogP contribution is -2.68. The van der Waals surface area contributed by atoms with Gasteiger partial charge >= 0.3 is 0 Å². The minimum atomic E-state index is -2.22. The van der Waals surface area contributed by atoms with Gasteiger partial charge in [-0.25, -0.2) is 0 Å². The number of unbranched alkanes of at least 4 members (excludes halogenated alkanes) is 2. The molecule has 0 aromatic carbocycles. The molecule has 0 amide bonds. The van der Waals surface area contributed by atoms with Gasteiger partial charge in [0, 0.05) is 18.1 Å². The van der Waals surface area contributed by atoms with Crippen LogP contribution >= 0.6 is 0 Å². The van der Waals surface area contributed by atoms with Crippen molar-refractivity contribution >= 4 is 0 Å². The third kappa shape index (κ3) is 14.7. The van der Waals surface area contributed by atoms with Gasteiger partial charge in [0.2, 0.25) is 0 Å². The van der Waals surface area contributed by atoms with Gasteiger partial charge < -0.3 is 173 Å². The summed E-state index contributed by atoms with van der Waals surface area (Å²) in [4.78, 5) is 2.69. The van der Waals surface area contributed by atoms with E-state index in [2.05, 4.69) is 10.0 Å². The number of hydrogen-bond donors (Lipinski definition) is 20. The van der Waals surface area contributed by atoms with Gasteiger partial charge in [-0.3, -0.25) is 0 Å². The number of fused-ring (bicyclic) bond motifs is 7. The summed E-state index contributed by atoms with van der Waals surface area (Å²) in [5, 5.41) is 226. The maximum atomic E-state index is 12.1. The van der Waals surface area contributed by atoms with Crippen LogP contribution in [0.25, 0.3) is 10.4 Å². The number of ether oxygens (including phenoxy) is 15. The smallest absolute Gasteiger partial charge is 0.187 e. The molecule has 15 fully saturated rings. The predicted molar refractivity (Wildman–Crippen MR) is 260 cm³/mol. The molecule has 85 heavy (non-hydrogen) atoms. The molecule has 20 N–H and O–H groups in total. The second-order valence-electron chi connectivity index (χ2n) is 21.5. The lowest BCUT2D eigenvalue weighted by atomic mass is 9.95. The van der Waals surface area contributed by atoms with Gasteiger partial charge in [-0.15, -0.1) is 0 Å². The van der Waals surface area contributed by atoms with Gasteiger partial charge in [0.05, 0.1) is 46.2 Å². The summed E-state index contributed by atoms with van der Waals surface area (Å²) >= 11 is 0. The van der Waals surface area contributed by atoms with E-state index < -0.39 is 261 Å². The fourth-order valence-electron chi connectivity index (χ4n) is 11.3. The van der Waals surface area contributed by atoms with E-state index in [-0.39, 0.29) is 19.6 Å². The lowest BCUT2D eigenvalue weighted by molar-refractivity contribution is -0.398. The predicted octanol–water partition coefficient (Wildman–Crippen LogP) is -12.7. The molecule has 492 valence electrons. The number of aliphatic hydroxyl groups is 20. The molecule has 15 aliphatic heterocycles. The Hall–Kier alpha value is -2.09. The molecule has 38 nitrogen and oxygen atoms in total. The first-order chi connectivity index (χ1) is 40.7. The van der Waals surface area contributed by atoms with Crippen LogP contribution in [0, 0.1) is 0 Å². The van der Waals surface area contributed by atoms with Gasteiger partial charge in [-0.1, -0.05) is 11.5 Å². The number of rotatable bonds is 14. The molecule has 15 saturated heterocycles. The van der Waals surface area contributed by atoms with Crippen LogP contribution in [0.3, 0.4) is 0 Å². The standard InChI is InChI=1S/C47H79N3O35/c48-50-49-4-2-1-3-5-71-40-32(70)39-19(12-57)78-47(40)85-38-18(11-56)77-45(31(69)25(38)63)83-36-16(9-54)75-43(29(67)23(36)61)81-34-14(7-52)73-41(27(65)21(34)59)79-33-13(6-51)72-42(26(64)20(33)58)80-35-15(8-53)74-44(28(66)22(35)60)82-37-17(10-55)76-46(84-39)30(68)24(37)62/h13-47,51-70H,1-12H2/t13-,14-,15-,16-,17-,18-,19-,20-,21-,22-,23-,24-,25-,26-,27-,28-,29-,30-,31-,32+,33-,34-,35-,36-,37-,38-,39-,40-,41-,42-,43-,44-,45-,46-,47-/m1/s1. The van der Waals surface area contributed by atoms with E-state index in [1.165, 1.54) is 0 Å². The van der Waals surface area contributed by atoms with Crippen LogP contribution in [0.5, 0.6) is 0 Å². The van der Waals surface area contributed by atoms with Crippen molar-refractivity contribution in [3.8, 4) is 0 Å². The molecule has 14 bridgehead atoms. The Morgan fingerprint density at radius 3 is 0.741 bits per heavy atom. The highest BCUT2D eigenvalue weighted by Crippen LogP contribution is 2.39. The largest absolute Gasteiger partial charge is 0.394 e. The van der Waals surface area contributed by atoms with Gasteiger partial charge in [-0.05, 0) is 18.4 Å². The average molecular weight is 1250 g/mol. The highest BCUT2D eigenvalue weighted by Gasteiger charge is 2.60. The molecule has 38 heteroatoms. The van der Waals surface area contributed by atoms with Crippen molar-refractivity contribution in [1.82, 2.24) is 0 Å². The van der Waals surface area contributed by atoms with Crippen LogP contribution in [-0.4, -0.2) is 376 Å². The zero-order valence-corrected chi connectivity index (χ0v) is 45.1. The average Bonchev–Trinajstić information content (AvgIpc) is 1.73. The molecule has 35 atom stereocenters. The van der Waals surface area contributed by atoms with Crippen molar-refractivity contribution in [1.29, 1.82) is 0 Å². The van der Waals surface area contributed by atoms with Crippen molar-refractivity contribution in [2.24, 2.45) is 5.11 Å². The summed E-state index contributed by atoms with van der Waals surface area (Å²) in [7, 11) is 0. The molecular formula is C47H79N3O35. The first kappa shape index (κ1) is 68.8.